The van der Waals surface area contributed by atoms with Crippen LogP contribution in [0.4, 0.5) is 0 Å². The molecule has 92 valence electrons. The van der Waals surface area contributed by atoms with Crippen molar-refractivity contribution in [2.75, 3.05) is 19.3 Å². The van der Waals surface area contributed by atoms with Gasteiger partial charge in [0.05, 0.1) is 0 Å². The second-order valence-electron chi connectivity index (χ2n) is 3.15. The van der Waals surface area contributed by atoms with Crippen molar-refractivity contribution in [2.24, 2.45) is 0 Å². The van der Waals surface area contributed by atoms with E-state index >= 15 is 0 Å². The second-order valence-corrected chi connectivity index (χ2v) is 3.52. The second kappa shape index (κ2) is 7.98. The van der Waals surface area contributed by atoms with E-state index in [1.807, 2.05) is 0 Å². The molecule has 0 saturated carbocycles. The predicted molar refractivity (Wildman–Crippen MR) is 63.2 cm³/mol. The van der Waals surface area contributed by atoms with Gasteiger partial charge in [0.1, 0.15) is 6.04 Å². The molecule has 0 aromatic carbocycles. The minimum Gasteiger partial charge on any atom is -0.359 e. The number of hydrogen-bond donors (Lipinski definition) is 4. The maximum absolute atomic E-state index is 11.5. The zero-order valence-electron chi connectivity index (χ0n) is 9.37. The van der Waals surface area contributed by atoms with Crippen LogP contribution in [0.2, 0.25) is 0 Å². The highest BCUT2D eigenvalue weighted by Gasteiger charge is 2.16. The van der Waals surface area contributed by atoms with Gasteiger partial charge in [0.25, 0.3) is 0 Å². The molecule has 0 bridgehead atoms. The van der Waals surface area contributed by atoms with E-state index in [-0.39, 0.29) is 36.4 Å². The van der Waals surface area contributed by atoms with Gasteiger partial charge in [0.2, 0.25) is 17.7 Å². The van der Waals surface area contributed by atoms with E-state index in [1.54, 1.807) is 0 Å². The van der Waals surface area contributed by atoms with E-state index in [9.17, 15) is 14.4 Å². The molecule has 3 amide bonds. The Labute approximate surface area is 99.9 Å². The van der Waals surface area contributed by atoms with Crippen LogP contribution in [0.1, 0.15) is 13.3 Å². The summed E-state index contributed by atoms with van der Waals surface area (Å²) in [6.45, 7) is 1.57. The van der Waals surface area contributed by atoms with Crippen LogP contribution in [0, 0.1) is 0 Å². The van der Waals surface area contributed by atoms with Crippen molar-refractivity contribution in [3.63, 3.8) is 0 Å². The summed E-state index contributed by atoms with van der Waals surface area (Å²) in [6.07, 6.45) is 0.210. The van der Waals surface area contributed by atoms with Gasteiger partial charge in [-0.15, -0.1) is 0 Å². The van der Waals surface area contributed by atoms with Gasteiger partial charge in [-0.3, -0.25) is 14.4 Å². The number of thiol groups is 1. The van der Waals surface area contributed by atoms with Crippen molar-refractivity contribution in [1.29, 1.82) is 0 Å². The highest BCUT2D eigenvalue weighted by Crippen LogP contribution is 1.89. The minimum atomic E-state index is -0.662. The smallest absolute Gasteiger partial charge is 0.243 e. The quantitative estimate of drug-likeness (QED) is 0.439. The van der Waals surface area contributed by atoms with E-state index in [0.717, 1.165) is 0 Å². The lowest BCUT2D eigenvalue weighted by atomic mass is 10.3. The van der Waals surface area contributed by atoms with Crippen LogP contribution < -0.4 is 16.0 Å². The zero-order valence-corrected chi connectivity index (χ0v) is 10.3. The molecule has 16 heavy (non-hydrogen) atoms. The third-order valence-corrected chi connectivity index (χ3v) is 2.17. The SMILES string of the molecule is CNC(=O)CCNC(=O)C(CS)NC(C)=O. The maximum atomic E-state index is 11.5. The third-order valence-electron chi connectivity index (χ3n) is 1.81. The molecule has 0 aliphatic carbocycles. The molecule has 0 radical (unpaired) electrons. The highest BCUT2D eigenvalue weighted by atomic mass is 32.1. The summed E-state index contributed by atoms with van der Waals surface area (Å²) in [6, 6.07) is -0.662. The predicted octanol–water partition coefficient (Wildman–Crippen LogP) is -1.33. The number of hydrogen-bond acceptors (Lipinski definition) is 4. The monoisotopic (exact) mass is 247 g/mol. The highest BCUT2D eigenvalue weighted by molar-refractivity contribution is 7.80. The van der Waals surface area contributed by atoms with Gasteiger partial charge < -0.3 is 16.0 Å². The lowest BCUT2D eigenvalue weighted by Gasteiger charge is -2.14. The molecule has 0 spiro atoms. The van der Waals surface area contributed by atoms with Gasteiger partial charge in [0, 0.05) is 32.7 Å². The molecular formula is C9H17N3O3S. The first-order valence-electron chi connectivity index (χ1n) is 4.87. The molecule has 0 aliphatic heterocycles. The molecule has 3 N–H and O–H groups in total. The van der Waals surface area contributed by atoms with E-state index in [1.165, 1.54) is 14.0 Å². The van der Waals surface area contributed by atoms with Gasteiger partial charge in [-0.05, 0) is 0 Å². The standard InChI is InChI=1S/C9H17N3O3S/c1-6(13)12-7(5-16)9(15)11-4-3-8(14)10-2/h7,16H,3-5H2,1-2H3,(H,10,14)(H,11,15)(H,12,13). The largest absolute Gasteiger partial charge is 0.359 e. The van der Waals surface area contributed by atoms with E-state index < -0.39 is 6.04 Å². The zero-order chi connectivity index (χ0) is 12.6. The molecule has 0 rings (SSSR count). The van der Waals surface area contributed by atoms with Crippen molar-refractivity contribution in [3.05, 3.63) is 0 Å². The van der Waals surface area contributed by atoms with Crippen molar-refractivity contribution < 1.29 is 14.4 Å². The Morgan fingerprint density at radius 1 is 1.31 bits per heavy atom. The number of amides is 3. The Morgan fingerprint density at radius 3 is 2.38 bits per heavy atom. The Morgan fingerprint density at radius 2 is 1.94 bits per heavy atom. The number of nitrogens with one attached hydrogen (secondary N) is 3. The minimum absolute atomic E-state index is 0.151. The average Bonchev–Trinajstić information content (AvgIpc) is 2.24. The first-order chi connectivity index (χ1) is 7.51. The lowest BCUT2D eigenvalue weighted by Crippen LogP contribution is -2.47. The average molecular weight is 247 g/mol. The fraction of sp³-hybridized carbons (Fsp3) is 0.667. The van der Waals surface area contributed by atoms with Crippen LogP contribution in [-0.2, 0) is 14.4 Å². The van der Waals surface area contributed by atoms with Crippen LogP contribution in [-0.4, -0.2) is 43.1 Å². The Bertz CT molecular complexity index is 271. The van der Waals surface area contributed by atoms with Crippen LogP contribution >= 0.6 is 12.6 Å². The maximum Gasteiger partial charge on any atom is 0.243 e. The van der Waals surface area contributed by atoms with Crippen LogP contribution in [0.5, 0.6) is 0 Å². The molecule has 0 aliphatic rings. The molecule has 0 saturated heterocycles. The molecule has 6 nitrogen and oxygen atoms in total. The first kappa shape index (κ1) is 14.8. The topological polar surface area (TPSA) is 87.3 Å². The summed E-state index contributed by atoms with van der Waals surface area (Å²) in [5.41, 5.74) is 0. The number of carbonyl (C=O) groups is 3. The fourth-order valence-corrected chi connectivity index (χ4v) is 1.24. The van der Waals surface area contributed by atoms with E-state index in [2.05, 4.69) is 28.6 Å². The first-order valence-corrected chi connectivity index (χ1v) is 5.50. The Hall–Kier alpha value is -1.24. The number of carbonyl (C=O) groups excluding carboxylic acids is 3. The Kier molecular flexibility index (Phi) is 7.36. The van der Waals surface area contributed by atoms with Crippen LogP contribution in [0.15, 0.2) is 0 Å². The number of rotatable bonds is 6. The molecule has 0 aromatic heterocycles. The van der Waals surface area contributed by atoms with E-state index in [4.69, 9.17) is 0 Å². The van der Waals surface area contributed by atoms with Gasteiger partial charge >= 0.3 is 0 Å². The molecule has 1 unspecified atom stereocenters. The van der Waals surface area contributed by atoms with Crippen molar-refractivity contribution in [3.8, 4) is 0 Å². The Balaban J connectivity index is 3.93. The molecular weight excluding hydrogens is 230 g/mol. The summed E-state index contributed by atoms with van der Waals surface area (Å²) in [5.74, 6) is -0.567. The third kappa shape index (κ3) is 6.28. The van der Waals surface area contributed by atoms with Gasteiger partial charge in [0.15, 0.2) is 0 Å². The van der Waals surface area contributed by atoms with E-state index in [0.29, 0.717) is 0 Å². The van der Waals surface area contributed by atoms with Crippen molar-refractivity contribution in [2.45, 2.75) is 19.4 Å². The summed E-state index contributed by atoms with van der Waals surface area (Å²) in [5, 5.41) is 7.43. The molecule has 1 atom stereocenters. The fourth-order valence-electron chi connectivity index (χ4n) is 0.987. The van der Waals surface area contributed by atoms with Crippen molar-refractivity contribution in [1.82, 2.24) is 16.0 Å². The van der Waals surface area contributed by atoms with Gasteiger partial charge in [-0.2, -0.15) is 12.6 Å². The molecule has 7 heteroatoms. The lowest BCUT2D eigenvalue weighted by molar-refractivity contribution is -0.127. The summed E-state index contributed by atoms with van der Waals surface area (Å²) < 4.78 is 0. The van der Waals surface area contributed by atoms with Gasteiger partial charge in [-0.25, -0.2) is 0 Å². The molecule has 0 heterocycles. The van der Waals surface area contributed by atoms with Crippen LogP contribution in [0.25, 0.3) is 0 Å². The summed E-state index contributed by atoms with van der Waals surface area (Å²) >= 11 is 3.96. The van der Waals surface area contributed by atoms with Gasteiger partial charge in [-0.1, -0.05) is 0 Å². The summed E-state index contributed by atoms with van der Waals surface area (Å²) in [4.78, 5) is 33.1. The molecule has 0 aromatic rings. The summed E-state index contributed by atoms with van der Waals surface area (Å²) in [7, 11) is 1.53. The van der Waals surface area contributed by atoms with Crippen LogP contribution in [0.3, 0.4) is 0 Å². The van der Waals surface area contributed by atoms with Crippen molar-refractivity contribution >= 4 is 30.4 Å². The normalized spacial score (nSPS) is 11.4. The molecule has 0 fully saturated rings.